The van der Waals surface area contributed by atoms with Crippen LogP contribution in [0.25, 0.3) is 0 Å². The van der Waals surface area contributed by atoms with E-state index in [9.17, 15) is 9.90 Å². The SMILES string of the molecule is CC(C(=O)[O-])C(C)c1cnc[nH]1. The van der Waals surface area contributed by atoms with Crippen LogP contribution in [0.1, 0.15) is 25.5 Å². The number of hydrogen-bond donors (Lipinski definition) is 1. The number of carbonyl (C=O) groups is 1. The molecular weight excluding hydrogens is 156 g/mol. The molecule has 0 aliphatic heterocycles. The molecule has 0 aromatic carbocycles. The second-order valence-corrected chi connectivity index (χ2v) is 2.90. The van der Waals surface area contributed by atoms with Crippen molar-refractivity contribution in [2.45, 2.75) is 19.8 Å². The van der Waals surface area contributed by atoms with E-state index >= 15 is 0 Å². The Labute approximate surface area is 70.6 Å². The lowest BCUT2D eigenvalue weighted by Gasteiger charge is -2.18. The lowest BCUT2D eigenvalue weighted by atomic mass is 9.94. The van der Waals surface area contributed by atoms with Crippen LogP contribution in [0.2, 0.25) is 0 Å². The van der Waals surface area contributed by atoms with Crippen LogP contribution in [0, 0.1) is 5.92 Å². The Hall–Kier alpha value is -1.32. The second-order valence-electron chi connectivity index (χ2n) is 2.90. The van der Waals surface area contributed by atoms with Crippen LogP contribution in [0.4, 0.5) is 0 Å². The molecule has 1 heterocycles. The zero-order valence-corrected chi connectivity index (χ0v) is 7.07. The van der Waals surface area contributed by atoms with Crippen molar-refractivity contribution >= 4 is 5.97 Å². The average molecular weight is 167 g/mol. The van der Waals surface area contributed by atoms with E-state index in [0.717, 1.165) is 5.69 Å². The van der Waals surface area contributed by atoms with Gasteiger partial charge in [0.25, 0.3) is 0 Å². The van der Waals surface area contributed by atoms with Gasteiger partial charge in [0, 0.05) is 29.7 Å². The first-order valence-electron chi connectivity index (χ1n) is 3.82. The molecule has 66 valence electrons. The maximum Gasteiger partial charge on any atom is 0.0921 e. The highest BCUT2D eigenvalue weighted by atomic mass is 16.4. The fourth-order valence-electron chi connectivity index (χ4n) is 0.989. The number of H-pyrrole nitrogens is 1. The Morgan fingerprint density at radius 1 is 1.67 bits per heavy atom. The van der Waals surface area contributed by atoms with Gasteiger partial charge in [-0.2, -0.15) is 0 Å². The molecule has 4 heteroatoms. The van der Waals surface area contributed by atoms with E-state index in [1.165, 1.54) is 6.33 Å². The second kappa shape index (κ2) is 3.38. The number of hydrogen-bond acceptors (Lipinski definition) is 3. The Morgan fingerprint density at radius 2 is 2.33 bits per heavy atom. The lowest BCUT2D eigenvalue weighted by Crippen LogP contribution is -2.32. The average Bonchev–Trinajstić information content (AvgIpc) is 2.53. The van der Waals surface area contributed by atoms with E-state index in [1.807, 2.05) is 6.92 Å². The fraction of sp³-hybridized carbons (Fsp3) is 0.500. The Bertz CT molecular complexity index is 256. The van der Waals surface area contributed by atoms with Gasteiger partial charge in [0.1, 0.15) is 0 Å². The summed E-state index contributed by atoms with van der Waals surface area (Å²) in [4.78, 5) is 17.2. The molecule has 0 amide bonds. The molecule has 12 heavy (non-hydrogen) atoms. The number of aliphatic carboxylic acids is 1. The van der Waals surface area contributed by atoms with Crippen LogP contribution in [0.3, 0.4) is 0 Å². The van der Waals surface area contributed by atoms with Crippen LogP contribution in [-0.2, 0) is 4.79 Å². The third-order valence-electron chi connectivity index (χ3n) is 2.13. The molecule has 0 saturated carbocycles. The van der Waals surface area contributed by atoms with Gasteiger partial charge in [-0.25, -0.2) is 4.98 Å². The molecule has 4 nitrogen and oxygen atoms in total. The molecule has 0 bridgehead atoms. The summed E-state index contributed by atoms with van der Waals surface area (Å²) in [5.74, 6) is -1.61. The zero-order chi connectivity index (χ0) is 9.14. The zero-order valence-electron chi connectivity index (χ0n) is 7.07. The molecule has 0 saturated heterocycles. The molecule has 0 aliphatic carbocycles. The number of nitrogens with zero attached hydrogens (tertiary/aromatic N) is 1. The molecule has 1 N–H and O–H groups in total. The van der Waals surface area contributed by atoms with E-state index in [-0.39, 0.29) is 5.92 Å². The highest BCUT2D eigenvalue weighted by Crippen LogP contribution is 2.20. The Balaban J connectivity index is 2.71. The Morgan fingerprint density at radius 3 is 2.75 bits per heavy atom. The number of carboxylic acid groups (broad SMARTS) is 1. The largest absolute Gasteiger partial charge is 0.550 e. The minimum atomic E-state index is -1.03. The number of rotatable bonds is 3. The summed E-state index contributed by atoms with van der Waals surface area (Å²) in [6.07, 6.45) is 3.16. The van der Waals surface area contributed by atoms with Gasteiger partial charge in [-0.3, -0.25) is 0 Å². The summed E-state index contributed by atoms with van der Waals surface area (Å²) < 4.78 is 0. The van der Waals surface area contributed by atoms with Crippen molar-refractivity contribution in [3.63, 3.8) is 0 Å². The highest BCUT2D eigenvalue weighted by Gasteiger charge is 2.15. The molecule has 0 fully saturated rings. The maximum absolute atomic E-state index is 10.5. The van der Waals surface area contributed by atoms with Crippen LogP contribution < -0.4 is 5.11 Å². The standard InChI is InChI=1S/C8H12N2O2/c1-5(6(2)8(11)12)7-3-9-4-10-7/h3-6H,1-2H3,(H,9,10)(H,11,12)/p-1. The number of carbonyl (C=O) groups excluding carboxylic acids is 1. The van der Waals surface area contributed by atoms with E-state index in [2.05, 4.69) is 9.97 Å². The molecule has 0 spiro atoms. The minimum absolute atomic E-state index is 0.0856. The number of nitrogens with one attached hydrogen (secondary N) is 1. The van der Waals surface area contributed by atoms with Gasteiger partial charge in [0.15, 0.2) is 0 Å². The predicted molar refractivity (Wildman–Crippen MR) is 41.2 cm³/mol. The summed E-state index contributed by atoms with van der Waals surface area (Å²) in [6.45, 7) is 3.45. The normalized spacial score (nSPS) is 15.5. The van der Waals surface area contributed by atoms with E-state index in [1.54, 1.807) is 13.1 Å². The van der Waals surface area contributed by atoms with Crippen LogP contribution in [-0.4, -0.2) is 15.9 Å². The summed E-state index contributed by atoms with van der Waals surface area (Å²) >= 11 is 0. The summed E-state index contributed by atoms with van der Waals surface area (Å²) in [6, 6.07) is 0. The molecule has 1 aromatic rings. The number of imidazole rings is 1. The van der Waals surface area contributed by atoms with Gasteiger partial charge in [0.05, 0.1) is 6.33 Å². The van der Waals surface area contributed by atoms with Crippen molar-refractivity contribution in [2.24, 2.45) is 5.92 Å². The van der Waals surface area contributed by atoms with E-state index in [4.69, 9.17) is 0 Å². The van der Waals surface area contributed by atoms with Gasteiger partial charge in [-0.15, -0.1) is 0 Å². The first-order valence-corrected chi connectivity index (χ1v) is 3.82. The third-order valence-corrected chi connectivity index (χ3v) is 2.13. The fourth-order valence-corrected chi connectivity index (χ4v) is 0.989. The first kappa shape index (κ1) is 8.77. The molecule has 2 atom stereocenters. The van der Waals surface area contributed by atoms with Crippen LogP contribution >= 0.6 is 0 Å². The third kappa shape index (κ3) is 1.64. The van der Waals surface area contributed by atoms with E-state index < -0.39 is 11.9 Å². The van der Waals surface area contributed by atoms with Gasteiger partial charge < -0.3 is 14.9 Å². The van der Waals surface area contributed by atoms with Gasteiger partial charge in [0.2, 0.25) is 0 Å². The molecule has 0 radical (unpaired) electrons. The van der Waals surface area contributed by atoms with Gasteiger partial charge in [-0.05, 0) is 0 Å². The number of aromatic nitrogens is 2. The van der Waals surface area contributed by atoms with Crippen molar-refractivity contribution in [1.29, 1.82) is 0 Å². The number of aromatic amines is 1. The predicted octanol–water partition coefficient (Wildman–Crippen LogP) is -0.101. The van der Waals surface area contributed by atoms with Crippen molar-refractivity contribution < 1.29 is 9.90 Å². The van der Waals surface area contributed by atoms with Crippen LogP contribution in [0.5, 0.6) is 0 Å². The van der Waals surface area contributed by atoms with Gasteiger partial charge >= 0.3 is 0 Å². The summed E-state index contributed by atoms with van der Waals surface area (Å²) in [5, 5.41) is 10.5. The molecular formula is C8H11N2O2-. The summed E-state index contributed by atoms with van der Waals surface area (Å²) in [7, 11) is 0. The molecule has 0 aliphatic rings. The van der Waals surface area contributed by atoms with Gasteiger partial charge in [-0.1, -0.05) is 13.8 Å². The van der Waals surface area contributed by atoms with Crippen LogP contribution in [0.15, 0.2) is 12.5 Å². The topological polar surface area (TPSA) is 68.8 Å². The van der Waals surface area contributed by atoms with Crippen molar-refractivity contribution in [2.75, 3.05) is 0 Å². The van der Waals surface area contributed by atoms with Crippen molar-refractivity contribution in [3.8, 4) is 0 Å². The van der Waals surface area contributed by atoms with Crippen molar-refractivity contribution in [3.05, 3.63) is 18.2 Å². The lowest BCUT2D eigenvalue weighted by molar-refractivity contribution is -0.311. The van der Waals surface area contributed by atoms with Crippen molar-refractivity contribution in [1.82, 2.24) is 9.97 Å². The maximum atomic E-state index is 10.5. The minimum Gasteiger partial charge on any atom is -0.550 e. The molecule has 1 aromatic heterocycles. The monoisotopic (exact) mass is 167 g/mol. The molecule has 2 unspecified atom stereocenters. The quantitative estimate of drug-likeness (QED) is 0.683. The molecule has 1 rings (SSSR count). The first-order chi connectivity index (χ1) is 5.63. The summed E-state index contributed by atoms with van der Waals surface area (Å²) in [5.41, 5.74) is 0.826. The Kier molecular flexibility index (Phi) is 2.47. The smallest absolute Gasteiger partial charge is 0.0921 e. The highest BCUT2D eigenvalue weighted by molar-refractivity contribution is 5.68. The number of carboxylic acids is 1. The van der Waals surface area contributed by atoms with E-state index in [0.29, 0.717) is 0 Å².